The van der Waals surface area contributed by atoms with Crippen molar-refractivity contribution in [2.24, 2.45) is 5.92 Å². The molecule has 3 aromatic rings. The zero-order valence-corrected chi connectivity index (χ0v) is 31.9. The molecule has 0 aromatic carbocycles. The summed E-state index contributed by atoms with van der Waals surface area (Å²) >= 11 is 0. The maximum Gasteiger partial charge on any atom is 0.326 e. The number of H-pyrrole nitrogens is 2. The minimum absolute atomic E-state index is 0.0346. The first-order chi connectivity index (χ1) is 25.5. The second-order valence-electron chi connectivity index (χ2n) is 14.2. The van der Waals surface area contributed by atoms with Crippen LogP contribution in [-0.2, 0) is 25.6 Å². The van der Waals surface area contributed by atoms with Crippen LogP contribution in [0.4, 0.5) is 0 Å². The van der Waals surface area contributed by atoms with E-state index in [4.69, 9.17) is 9.97 Å². The zero-order valence-electron chi connectivity index (χ0n) is 31.9. The minimum Gasteiger partial charge on any atom is -0.480 e. The van der Waals surface area contributed by atoms with E-state index in [9.17, 15) is 29.4 Å². The number of allylic oxidation sites excluding steroid dienone is 5. The Morgan fingerprint density at radius 2 is 1.30 bits per heavy atom. The van der Waals surface area contributed by atoms with Crippen LogP contribution in [0.2, 0.25) is 0 Å². The monoisotopic (exact) mass is 732 g/mol. The lowest BCUT2D eigenvalue weighted by Crippen LogP contribution is -2.44. The van der Waals surface area contributed by atoms with Gasteiger partial charge in [-0.1, -0.05) is 39.2 Å². The number of nitrogens with one attached hydrogen (secondary N) is 4. The van der Waals surface area contributed by atoms with Crippen molar-refractivity contribution in [2.75, 3.05) is 0 Å². The van der Waals surface area contributed by atoms with Gasteiger partial charge < -0.3 is 30.8 Å². The van der Waals surface area contributed by atoms with Crippen molar-refractivity contribution in [1.82, 2.24) is 30.6 Å². The molecule has 0 saturated heterocycles. The zero-order chi connectivity index (χ0) is 39.6. The van der Waals surface area contributed by atoms with E-state index in [1.807, 2.05) is 52.0 Å². The number of aromatic nitrogens is 4. The summed E-state index contributed by atoms with van der Waals surface area (Å²) in [5, 5.41) is 24.2. The van der Waals surface area contributed by atoms with Crippen molar-refractivity contribution in [3.8, 4) is 0 Å². The Balaban J connectivity index is 1.75. The first-order valence-corrected chi connectivity index (χ1v) is 18.0. The summed E-state index contributed by atoms with van der Waals surface area (Å²) in [7, 11) is 0. The van der Waals surface area contributed by atoms with Crippen molar-refractivity contribution < 1.29 is 29.4 Å². The fourth-order valence-electron chi connectivity index (χ4n) is 6.92. The number of carbonyl (C=O) groups is 4. The first-order valence-electron chi connectivity index (χ1n) is 18.0. The average Bonchev–Trinajstić information content (AvgIpc) is 3.77. The van der Waals surface area contributed by atoms with Crippen molar-refractivity contribution >= 4 is 74.2 Å². The van der Waals surface area contributed by atoms with Crippen LogP contribution in [0.5, 0.6) is 0 Å². The van der Waals surface area contributed by atoms with Gasteiger partial charge >= 0.3 is 11.9 Å². The first kappa shape index (κ1) is 39.2. The summed E-state index contributed by atoms with van der Waals surface area (Å²) in [6, 6.07) is 5.80. The molecule has 12 heteroatoms. The van der Waals surface area contributed by atoms with Gasteiger partial charge in [-0.3, -0.25) is 14.4 Å². The van der Waals surface area contributed by atoms with E-state index in [1.165, 1.54) is 6.92 Å². The fraction of sp³-hybridized carbons (Fsp3) is 0.333. The number of amides is 2. The number of hydrogen-bond acceptors (Lipinski definition) is 6. The second-order valence-corrected chi connectivity index (χ2v) is 14.2. The van der Waals surface area contributed by atoms with E-state index in [-0.39, 0.29) is 31.1 Å². The normalized spacial score (nSPS) is 13.9. The summed E-state index contributed by atoms with van der Waals surface area (Å²) in [6.07, 6.45) is 4.28. The van der Waals surface area contributed by atoms with Gasteiger partial charge in [0.25, 0.3) is 0 Å². The quantitative estimate of drug-likeness (QED) is 0.107. The maximum absolute atomic E-state index is 13.1. The topological polar surface area (TPSA) is 190 Å². The molecule has 2 atom stereocenters. The molecule has 54 heavy (non-hydrogen) atoms. The van der Waals surface area contributed by atoms with Crippen LogP contribution in [0.15, 0.2) is 43.5 Å². The van der Waals surface area contributed by atoms with Crippen LogP contribution in [0.25, 0.3) is 50.4 Å². The highest BCUT2D eigenvalue weighted by molar-refractivity contribution is 5.99. The molecule has 2 aliphatic rings. The molecule has 5 heterocycles. The Kier molecular flexibility index (Phi) is 11.5. The molecule has 0 spiro atoms. The number of aromatic amines is 2. The van der Waals surface area contributed by atoms with Crippen molar-refractivity contribution in [3.63, 3.8) is 0 Å². The van der Waals surface area contributed by atoms with E-state index in [0.717, 1.165) is 72.5 Å². The molecule has 0 unspecified atom stereocenters. The molecule has 12 nitrogen and oxygen atoms in total. The van der Waals surface area contributed by atoms with Gasteiger partial charge in [-0.15, -0.1) is 0 Å². The Morgan fingerprint density at radius 3 is 1.93 bits per heavy atom. The van der Waals surface area contributed by atoms with Gasteiger partial charge in [0.1, 0.15) is 12.1 Å². The molecule has 3 aromatic heterocycles. The number of carboxylic acid groups (broad SMARTS) is 2. The molecule has 0 radical (unpaired) electrons. The molecule has 0 fully saturated rings. The fourth-order valence-corrected chi connectivity index (χ4v) is 6.92. The van der Waals surface area contributed by atoms with Crippen molar-refractivity contribution in [1.29, 1.82) is 0 Å². The smallest absolute Gasteiger partial charge is 0.326 e. The Hall–Kier alpha value is -6.04. The molecule has 2 amide bonds. The molecule has 0 aliphatic carbocycles. The Labute approximate surface area is 314 Å². The van der Waals surface area contributed by atoms with Crippen molar-refractivity contribution in [2.45, 2.75) is 86.2 Å². The van der Waals surface area contributed by atoms with Gasteiger partial charge in [0.2, 0.25) is 11.8 Å². The largest absolute Gasteiger partial charge is 0.480 e. The van der Waals surface area contributed by atoms with Gasteiger partial charge in [-0.25, -0.2) is 14.8 Å². The van der Waals surface area contributed by atoms with Crippen LogP contribution >= 0.6 is 0 Å². The highest BCUT2D eigenvalue weighted by Gasteiger charge is 2.25. The van der Waals surface area contributed by atoms with Gasteiger partial charge in [0.05, 0.1) is 22.8 Å². The summed E-state index contributed by atoms with van der Waals surface area (Å²) in [6.45, 7) is 21.0. The van der Waals surface area contributed by atoms with Crippen LogP contribution in [0.1, 0.15) is 98.9 Å². The predicted molar refractivity (Wildman–Crippen MR) is 213 cm³/mol. The summed E-state index contributed by atoms with van der Waals surface area (Å²) in [5.41, 5.74) is 13.1. The molecular weight excluding hydrogens is 684 g/mol. The molecule has 282 valence electrons. The standard InChI is InChI=1S/C42H48N6O6/c1-10-26-21(5)30-16-31-23(7)29(13-15-39(50)48-40(20(3)4)42(53)54)36(46-31)19-37-28(12-14-38(49)43-25(9)41(51)52)24(8)33(47-37)18-35-27(11-2)22(6)32(45-35)17-34(26)44-30/h10-11,16-20,25,40,45,47H,1-2,12-15H2,3-9H3,(H,43,49)(H,48,50)(H,51,52)(H,53,54)/t25-,40-/m0/s1. The Bertz CT molecular complexity index is 2320. The number of nitrogens with zero attached hydrogens (tertiary/aromatic N) is 2. The summed E-state index contributed by atoms with van der Waals surface area (Å²) in [5.74, 6) is -3.28. The minimum atomic E-state index is -1.12. The van der Waals surface area contributed by atoms with Gasteiger partial charge in [0, 0.05) is 46.0 Å². The molecule has 2 aliphatic heterocycles. The lowest BCUT2D eigenvalue weighted by atomic mass is 9.99. The van der Waals surface area contributed by atoms with Crippen LogP contribution < -0.4 is 10.6 Å². The van der Waals surface area contributed by atoms with E-state index in [1.54, 1.807) is 26.0 Å². The number of carbonyl (C=O) groups excluding carboxylic acids is 2. The highest BCUT2D eigenvalue weighted by Crippen LogP contribution is 2.37. The van der Waals surface area contributed by atoms with Crippen LogP contribution in [0.3, 0.4) is 0 Å². The van der Waals surface area contributed by atoms with E-state index >= 15 is 0 Å². The van der Waals surface area contributed by atoms with Gasteiger partial charge in [-0.2, -0.15) is 0 Å². The predicted octanol–water partition coefficient (Wildman–Crippen LogP) is 7.15. The SMILES string of the molecule is C=CC1=C(C)c2cc3nc(cc4[nH]c(cc5[nH]c(cc1n2)c(C)c5C=C)c(C)c4CCC(=O)N[C@@H](C)C(=O)O)C(CCC(=O)N[C@H](C(=O)O)C(C)C)=C3C. The molecule has 5 rings (SSSR count). The third-order valence-corrected chi connectivity index (χ3v) is 10.2. The number of aryl methyl sites for hydroxylation is 3. The third kappa shape index (κ3) is 7.97. The lowest BCUT2D eigenvalue weighted by molar-refractivity contribution is -0.143. The summed E-state index contributed by atoms with van der Waals surface area (Å²) in [4.78, 5) is 66.3. The average molecular weight is 733 g/mol. The number of fused-ring (bicyclic) bond motifs is 8. The molecular formula is C42H48N6O6. The Morgan fingerprint density at radius 1 is 0.704 bits per heavy atom. The number of aliphatic carboxylic acids is 2. The second kappa shape index (κ2) is 15.9. The highest BCUT2D eigenvalue weighted by atomic mass is 16.4. The van der Waals surface area contributed by atoms with E-state index in [0.29, 0.717) is 23.3 Å². The van der Waals surface area contributed by atoms with Crippen LogP contribution in [-0.4, -0.2) is 66.0 Å². The maximum atomic E-state index is 13.1. The lowest BCUT2D eigenvalue weighted by Gasteiger charge is -2.18. The van der Waals surface area contributed by atoms with E-state index < -0.39 is 29.9 Å². The van der Waals surface area contributed by atoms with Gasteiger partial charge in [-0.05, 0) is 111 Å². The summed E-state index contributed by atoms with van der Waals surface area (Å²) < 4.78 is 0. The van der Waals surface area contributed by atoms with Crippen molar-refractivity contribution in [3.05, 3.63) is 88.5 Å². The molecule has 0 saturated carbocycles. The molecule has 6 N–H and O–H groups in total. The third-order valence-electron chi connectivity index (χ3n) is 10.2. The van der Waals surface area contributed by atoms with E-state index in [2.05, 4.69) is 33.8 Å². The number of rotatable bonds is 13. The number of hydrogen-bond donors (Lipinski definition) is 6. The number of carboxylic acids is 2. The van der Waals surface area contributed by atoms with Gasteiger partial charge in [0.15, 0.2) is 0 Å². The van der Waals surface area contributed by atoms with Crippen LogP contribution in [0, 0.1) is 19.8 Å². The molecule has 8 bridgehead atoms.